The third-order valence-corrected chi connectivity index (χ3v) is 3.59. The largest absolute Gasteiger partial charge is 0.378 e. The van der Waals surface area contributed by atoms with Crippen molar-refractivity contribution >= 4 is 0 Å². The maximum atomic E-state index is 13.2. The van der Waals surface area contributed by atoms with Crippen molar-refractivity contribution in [1.29, 1.82) is 0 Å². The Hall–Kier alpha value is -1.04. The van der Waals surface area contributed by atoms with Crippen LogP contribution in [0.25, 0.3) is 0 Å². The van der Waals surface area contributed by atoms with E-state index in [1.54, 1.807) is 6.07 Å². The van der Waals surface area contributed by atoms with Crippen molar-refractivity contribution in [3.05, 3.63) is 35.4 Å². The van der Waals surface area contributed by atoms with Gasteiger partial charge >= 0.3 is 0 Å². The van der Waals surface area contributed by atoms with Crippen LogP contribution in [0.1, 0.15) is 43.7 Å². The second kappa shape index (κ2) is 6.93. The van der Waals surface area contributed by atoms with Crippen molar-refractivity contribution in [3.8, 4) is 0 Å². The fourth-order valence-corrected chi connectivity index (χ4v) is 2.50. The second-order valence-electron chi connectivity index (χ2n) is 4.96. The monoisotopic (exact) mass is 270 g/mol. The summed E-state index contributed by atoms with van der Waals surface area (Å²) in [6.07, 6.45) is 5.31. The maximum Gasteiger partial charge on any atom is 0.159 e. The molecule has 0 bridgehead atoms. The van der Waals surface area contributed by atoms with E-state index in [0.717, 1.165) is 44.8 Å². The minimum atomic E-state index is -0.836. The summed E-state index contributed by atoms with van der Waals surface area (Å²) >= 11 is 0. The highest BCUT2D eigenvalue weighted by atomic mass is 19.2. The van der Waals surface area contributed by atoms with Gasteiger partial charge in [0.2, 0.25) is 0 Å². The van der Waals surface area contributed by atoms with Crippen LogP contribution in [0, 0.1) is 11.6 Å². The van der Waals surface area contributed by atoms with Gasteiger partial charge in [-0.3, -0.25) is 11.3 Å². The maximum absolute atomic E-state index is 13.2. The lowest BCUT2D eigenvalue weighted by Crippen LogP contribution is -2.28. The predicted molar refractivity (Wildman–Crippen MR) is 69.2 cm³/mol. The molecule has 2 rings (SSSR count). The molecule has 0 amide bonds. The number of rotatable bonds is 6. The number of nitrogens with one attached hydrogen (secondary N) is 1. The molecule has 3 N–H and O–H groups in total. The number of hydrazine groups is 1. The van der Waals surface area contributed by atoms with Crippen LogP contribution >= 0.6 is 0 Å². The highest BCUT2D eigenvalue weighted by molar-refractivity contribution is 5.21. The van der Waals surface area contributed by atoms with Gasteiger partial charge < -0.3 is 4.74 Å². The van der Waals surface area contributed by atoms with Gasteiger partial charge in [0.25, 0.3) is 0 Å². The van der Waals surface area contributed by atoms with E-state index in [1.807, 2.05) is 0 Å². The fraction of sp³-hybridized carbons (Fsp3) is 0.571. The Labute approximate surface area is 112 Å². The Morgan fingerprint density at radius 1 is 1.37 bits per heavy atom. The van der Waals surface area contributed by atoms with Gasteiger partial charge in [-0.15, -0.1) is 0 Å². The average Bonchev–Trinajstić information content (AvgIpc) is 2.91. The van der Waals surface area contributed by atoms with Crippen LogP contribution in [-0.2, 0) is 4.74 Å². The van der Waals surface area contributed by atoms with Crippen molar-refractivity contribution in [1.82, 2.24) is 5.43 Å². The molecule has 0 aliphatic carbocycles. The third kappa shape index (κ3) is 3.96. The van der Waals surface area contributed by atoms with E-state index in [2.05, 4.69) is 5.43 Å². The standard InChI is InChI=1S/C14H20F2N2O/c15-12-7-6-10(9-13(12)16)14(18-17)5-1-3-11-4-2-8-19-11/h6-7,9,11,14,18H,1-5,8,17H2. The molecule has 0 aromatic heterocycles. The summed E-state index contributed by atoms with van der Waals surface area (Å²) in [7, 11) is 0. The summed E-state index contributed by atoms with van der Waals surface area (Å²) in [5.74, 6) is 3.82. The molecular formula is C14H20F2N2O. The highest BCUT2D eigenvalue weighted by Crippen LogP contribution is 2.23. The van der Waals surface area contributed by atoms with Crippen LogP contribution in [0.3, 0.4) is 0 Å². The lowest BCUT2D eigenvalue weighted by Gasteiger charge is -2.17. The second-order valence-corrected chi connectivity index (χ2v) is 4.96. The van der Waals surface area contributed by atoms with Gasteiger partial charge in [0, 0.05) is 12.6 Å². The van der Waals surface area contributed by atoms with Crippen LogP contribution in [-0.4, -0.2) is 12.7 Å². The first kappa shape index (κ1) is 14.4. The predicted octanol–water partition coefficient (Wildman–Crippen LogP) is 2.82. The topological polar surface area (TPSA) is 47.3 Å². The van der Waals surface area contributed by atoms with E-state index in [4.69, 9.17) is 10.6 Å². The fourth-order valence-electron chi connectivity index (χ4n) is 2.50. The molecule has 1 aromatic rings. The van der Waals surface area contributed by atoms with Gasteiger partial charge in [0.1, 0.15) is 0 Å². The molecule has 0 spiro atoms. The normalized spacial score (nSPS) is 20.7. The van der Waals surface area contributed by atoms with Crippen LogP contribution < -0.4 is 11.3 Å². The quantitative estimate of drug-likeness (QED) is 0.617. The Kier molecular flexibility index (Phi) is 5.24. The first-order valence-corrected chi connectivity index (χ1v) is 6.73. The zero-order chi connectivity index (χ0) is 13.7. The van der Waals surface area contributed by atoms with Gasteiger partial charge in [-0.25, -0.2) is 8.78 Å². The smallest absolute Gasteiger partial charge is 0.159 e. The van der Waals surface area contributed by atoms with E-state index in [9.17, 15) is 8.78 Å². The van der Waals surface area contributed by atoms with Crippen molar-refractivity contribution in [2.45, 2.75) is 44.2 Å². The zero-order valence-electron chi connectivity index (χ0n) is 10.9. The summed E-state index contributed by atoms with van der Waals surface area (Å²) in [4.78, 5) is 0. The Balaban J connectivity index is 1.86. The highest BCUT2D eigenvalue weighted by Gasteiger charge is 2.17. The van der Waals surface area contributed by atoms with Crippen molar-refractivity contribution in [2.75, 3.05) is 6.61 Å². The lowest BCUT2D eigenvalue weighted by molar-refractivity contribution is 0.101. The molecule has 1 fully saturated rings. The average molecular weight is 270 g/mol. The third-order valence-electron chi connectivity index (χ3n) is 3.59. The van der Waals surface area contributed by atoms with E-state index < -0.39 is 11.6 Å². The molecule has 0 saturated carbocycles. The number of ether oxygens (including phenoxy) is 1. The van der Waals surface area contributed by atoms with Crippen molar-refractivity contribution in [2.24, 2.45) is 5.84 Å². The molecule has 5 heteroatoms. The van der Waals surface area contributed by atoms with Crippen molar-refractivity contribution in [3.63, 3.8) is 0 Å². The Morgan fingerprint density at radius 2 is 2.21 bits per heavy atom. The lowest BCUT2D eigenvalue weighted by atomic mass is 9.99. The summed E-state index contributed by atoms with van der Waals surface area (Å²) in [6, 6.07) is 3.74. The molecule has 106 valence electrons. The summed E-state index contributed by atoms with van der Waals surface area (Å²) in [5, 5.41) is 0. The first-order valence-electron chi connectivity index (χ1n) is 6.73. The molecule has 1 aliphatic heterocycles. The van der Waals surface area contributed by atoms with Gasteiger partial charge in [-0.1, -0.05) is 6.07 Å². The Morgan fingerprint density at radius 3 is 2.84 bits per heavy atom. The van der Waals surface area contributed by atoms with Crippen LogP contribution in [0.5, 0.6) is 0 Å². The molecule has 1 heterocycles. The van der Waals surface area contributed by atoms with Gasteiger partial charge in [0.15, 0.2) is 11.6 Å². The minimum Gasteiger partial charge on any atom is -0.378 e. The number of hydrogen-bond donors (Lipinski definition) is 2. The van der Waals surface area contributed by atoms with Crippen LogP contribution in [0.2, 0.25) is 0 Å². The first-order chi connectivity index (χ1) is 9.20. The van der Waals surface area contributed by atoms with Crippen molar-refractivity contribution < 1.29 is 13.5 Å². The number of nitrogens with two attached hydrogens (primary N) is 1. The number of hydrogen-bond acceptors (Lipinski definition) is 3. The number of benzene rings is 1. The molecule has 1 saturated heterocycles. The summed E-state index contributed by atoms with van der Waals surface area (Å²) in [5.41, 5.74) is 3.34. The van der Waals surface area contributed by atoms with Crippen LogP contribution in [0.15, 0.2) is 18.2 Å². The van der Waals surface area contributed by atoms with Gasteiger partial charge in [0.05, 0.1) is 6.10 Å². The molecule has 1 aliphatic rings. The van der Waals surface area contributed by atoms with Gasteiger partial charge in [-0.05, 0) is 49.8 Å². The molecule has 3 nitrogen and oxygen atoms in total. The molecular weight excluding hydrogens is 250 g/mol. The molecule has 1 aromatic carbocycles. The SMILES string of the molecule is NNC(CCCC1CCCO1)c1ccc(F)c(F)c1. The van der Waals surface area contributed by atoms with E-state index in [-0.39, 0.29) is 6.04 Å². The molecule has 2 atom stereocenters. The molecule has 19 heavy (non-hydrogen) atoms. The zero-order valence-corrected chi connectivity index (χ0v) is 10.9. The van der Waals surface area contributed by atoms with Gasteiger partial charge in [-0.2, -0.15) is 0 Å². The molecule has 2 unspecified atom stereocenters. The van der Waals surface area contributed by atoms with Crippen LogP contribution in [0.4, 0.5) is 8.78 Å². The Bertz CT molecular complexity index is 408. The minimum absolute atomic E-state index is 0.156. The summed E-state index contributed by atoms with van der Waals surface area (Å²) < 4.78 is 31.6. The molecule has 0 radical (unpaired) electrons. The number of halogens is 2. The van der Waals surface area contributed by atoms with E-state index in [0.29, 0.717) is 11.7 Å². The summed E-state index contributed by atoms with van der Waals surface area (Å²) in [6.45, 7) is 0.854. The van der Waals surface area contributed by atoms with E-state index >= 15 is 0 Å². The van der Waals surface area contributed by atoms with E-state index in [1.165, 1.54) is 6.07 Å².